The molecular weight excluding hydrogens is 449 g/mol. The summed E-state index contributed by atoms with van der Waals surface area (Å²) in [4.78, 5) is 28.7. The molecule has 1 aliphatic rings. The van der Waals surface area contributed by atoms with Crippen molar-refractivity contribution < 1.29 is 19.8 Å². The van der Waals surface area contributed by atoms with Gasteiger partial charge in [0.25, 0.3) is 5.91 Å². The molecule has 0 fully saturated rings. The molecule has 2 aromatic heterocycles. The number of hydrogen-bond acceptors (Lipinski definition) is 5. The summed E-state index contributed by atoms with van der Waals surface area (Å²) in [6, 6.07) is 8.75. The van der Waals surface area contributed by atoms with Crippen molar-refractivity contribution >= 4 is 56.6 Å². The summed E-state index contributed by atoms with van der Waals surface area (Å²) in [6.45, 7) is -0.515. The van der Waals surface area contributed by atoms with Gasteiger partial charge >= 0.3 is 0 Å². The van der Waals surface area contributed by atoms with Crippen LogP contribution in [0.2, 0.25) is 9.36 Å². The Labute approximate surface area is 186 Å². The van der Waals surface area contributed by atoms with Gasteiger partial charge in [0, 0.05) is 12.6 Å². The van der Waals surface area contributed by atoms with E-state index in [1.807, 2.05) is 24.3 Å². The molecule has 0 saturated carbocycles. The average Bonchev–Trinajstić information content (AvgIpc) is 3.38. The van der Waals surface area contributed by atoms with Crippen molar-refractivity contribution in [3.8, 4) is 0 Å². The average molecular weight is 468 g/mol. The molecule has 7 nitrogen and oxygen atoms in total. The number of rotatable bonds is 6. The van der Waals surface area contributed by atoms with Crippen LogP contribution in [0.25, 0.3) is 10.2 Å². The van der Waals surface area contributed by atoms with Crippen LogP contribution in [0.15, 0.2) is 30.3 Å². The summed E-state index contributed by atoms with van der Waals surface area (Å²) in [7, 11) is 0. The number of amides is 2. The van der Waals surface area contributed by atoms with Crippen LogP contribution in [0.1, 0.15) is 27.5 Å². The number of H-pyrrole nitrogens is 1. The maximum absolute atomic E-state index is 12.9. The fraction of sp³-hybridized carbons (Fsp3) is 0.300. The van der Waals surface area contributed by atoms with Gasteiger partial charge in [0.05, 0.1) is 33.9 Å². The molecule has 158 valence electrons. The zero-order valence-electron chi connectivity index (χ0n) is 15.6. The molecule has 3 aromatic rings. The van der Waals surface area contributed by atoms with Gasteiger partial charge in [0.1, 0.15) is 10.0 Å². The zero-order chi connectivity index (χ0) is 21.4. The molecule has 1 aromatic carbocycles. The number of hydrogen-bond donors (Lipinski definition) is 5. The van der Waals surface area contributed by atoms with E-state index in [2.05, 4.69) is 15.6 Å². The maximum atomic E-state index is 12.9. The van der Waals surface area contributed by atoms with E-state index < -0.39 is 24.7 Å². The first-order valence-corrected chi connectivity index (χ1v) is 10.9. The highest BCUT2D eigenvalue weighted by Gasteiger charge is 2.38. The van der Waals surface area contributed by atoms with E-state index >= 15 is 0 Å². The Morgan fingerprint density at radius 3 is 2.80 bits per heavy atom. The third-order valence-corrected chi connectivity index (χ3v) is 7.10. The van der Waals surface area contributed by atoms with Gasteiger partial charge in [-0.3, -0.25) is 9.59 Å². The molecule has 3 unspecified atom stereocenters. The van der Waals surface area contributed by atoms with E-state index in [9.17, 15) is 14.7 Å². The van der Waals surface area contributed by atoms with Crippen LogP contribution < -0.4 is 10.6 Å². The second-order valence-electron chi connectivity index (χ2n) is 7.15. The zero-order valence-corrected chi connectivity index (χ0v) is 17.9. The summed E-state index contributed by atoms with van der Waals surface area (Å²) in [6.07, 6.45) is -0.536. The van der Waals surface area contributed by atoms with Gasteiger partial charge in [-0.25, -0.2) is 0 Å². The van der Waals surface area contributed by atoms with Crippen molar-refractivity contribution in [3.05, 3.63) is 56.5 Å². The highest BCUT2D eigenvalue weighted by atomic mass is 35.5. The van der Waals surface area contributed by atoms with Gasteiger partial charge in [0.15, 0.2) is 0 Å². The number of benzene rings is 1. The second-order valence-corrected chi connectivity index (χ2v) is 9.19. The summed E-state index contributed by atoms with van der Waals surface area (Å²) >= 11 is 13.5. The van der Waals surface area contributed by atoms with Crippen molar-refractivity contribution in [1.82, 2.24) is 15.6 Å². The minimum absolute atomic E-state index is 0.0686. The van der Waals surface area contributed by atoms with E-state index in [1.54, 1.807) is 6.07 Å². The quantitative estimate of drug-likeness (QED) is 0.382. The first kappa shape index (κ1) is 21.1. The number of aliphatic hydroxyl groups is 2. The lowest BCUT2D eigenvalue weighted by Gasteiger charge is -2.22. The first-order chi connectivity index (χ1) is 14.4. The molecule has 0 saturated heterocycles. The van der Waals surface area contributed by atoms with Gasteiger partial charge in [-0.1, -0.05) is 47.5 Å². The van der Waals surface area contributed by atoms with Crippen LogP contribution in [0, 0.1) is 0 Å². The lowest BCUT2D eigenvalue weighted by molar-refractivity contribution is -0.123. The van der Waals surface area contributed by atoms with Gasteiger partial charge in [0.2, 0.25) is 5.91 Å². The van der Waals surface area contributed by atoms with E-state index in [0.29, 0.717) is 27.0 Å². The summed E-state index contributed by atoms with van der Waals surface area (Å²) in [5.41, 5.74) is 2.76. The maximum Gasteiger partial charge on any atom is 0.268 e. The first-order valence-electron chi connectivity index (χ1n) is 9.30. The lowest BCUT2D eigenvalue weighted by Crippen LogP contribution is -2.45. The molecule has 1 aliphatic carbocycles. The van der Waals surface area contributed by atoms with Gasteiger partial charge in [-0.15, -0.1) is 11.3 Å². The Bertz CT molecular complexity index is 1110. The number of aromatic nitrogens is 1. The normalized spacial score (nSPS) is 18.9. The largest absolute Gasteiger partial charge is 0.394 e. The standard InChI is InChI=1S/C20H19Cl2N3O4S/c21-16-17-14(30-18(16)22)6-13(24-17)19(28)25-12-5-9-3-1-2-4-11(9)15(12)20(29)23-7-10(27)8-26/h1-4,6,10,12,15,24,26-27H,5,7-8H2,(H,23,29)(H,25,28). The van der Waals surface area contributed by atoms with Crippen molar-refractivity contribution in [2.45, 2.75) is 24.5 Å². The third-order valence-electron chi connectivity index (χ3n) is 5.17. The fourth-order valence-corrected chi connectivity index (χ4v) is 5.21. The van der Waals surface area contributed by atoms with Crippen LogP contribution in [0.3, 0.4) is 0 Å². The summed E-state index contributed by atoms with van der Waals surface area (Å²) in [5, 5.41) is 24.5. The van der Waals surface area contributed by atoms with Gasteiger partial charge < -0.3 is 25.8 Å². The lowest BCUT2D eigenvalue weighted by atomic mass is 9.97. The predicted molar refractivity (Wildman–Crippen MR) is 116 cm³/mol. The molecule has 0 radical (unpaired) electrons. The van der Waals surface area contributed by atoms with Crippen molar-refractivity contribution in [2.75, 3.05) is 13.2 Å². The number of carbonyl (C=O) groups excluding carboxylic acids is 2. The molecule has 3 atom stereocenters. The number of thiophene rings is 1. The molecule has 10 heteroatoms. The number of aromatic amines is 1. The molecular formula is C20H19Cl2N3O4S. The molecule has 0 bridgehead atoms. The Balaban J connectivity index is 1.55. The Hall–Kier alpha value is -2.10. The van der Waals surface area contributed by atoms with Crippen LogP contribution >= 0.6 is 34.5 Å². The van der Waals surface area contributed by atoms with E-state index in [1.165, 1.54) is 11.3 Å². The molecule has 0 aliphatic heterocycles. The van der Waals surface area contributed by atoms with Crippen LogP contribution in [0.5, 0.6) is 0 Å². The Morgan fingerprint density at radius 2 is 2.07 bits per heavy atom. The van der Waals surface area contributed by atoms with Crippen molar-refractivity contribution in [1.29, 1.82) is 0 Å². The smallest absolute Gasteiger partial charge is 0.268 e. The minimum atomic E-state index is -1.04. The molecule has 4 rings (SSSR count). The number of nitrogens with one attached hydrogen (secondary N) is 3. The van der Waals surface area contributed by atoms with Crippen molar-refractivity contribution in [2.24, 2.45) is 0 Å². The molecule has 5 N–H and O–H groups in total. The molecule has 0 spiro atoms. The SMILES string of the molecule is O=C(NC1Cc2ccccc2C1C(=O)NCC(O)CO)c1cc2sc(Cl)c(Cl)c2[nH]1. The third kappa shape index (κ3) is 3.93. The second kappa shape index (κ2) is 8.56. The monoisotopic (exact) mass is 467 g/mol. The molecule has 30 heavy (non-hydrogen) atoms. The van der Waals surface area contributed by atoms with Crippen LogP contribution in [0.4, 0.5) is 0 Å². The van der Waals surface area contributed by atoms with Crippen LogP contribution in [-0.2, 0) is 11.2 Å². The fourth-order valence-electron chi connectivity index (χ4n) is 3.73. The highest BCUT2D eigenvalue weighted by Crippen LogP contribution is 2.39. The number of halogens is 2. The molecule has 2 heterocycles. The van der Waals surface area contributed by atoms with Gasteiger partial charge in [-0.2, -0.15) is 0 Å². The van der Waals surface area contributed by atoms with E-state index in [-0.39, 0.29) is 18.4 Å². The molecule has 2 amide bonds. The van der Waals surface area contributed by atoms with Crippen LogP contribution in [-0.4, -0.2) is 52.3 Å². The number of fused-ring (bicyclic) bond motifs is 2. The van der Waals surface area contributed by atoms with E-state index in [4.69, 9.17) is 28.3 Å². The highest BCUT2D eigenvalue weighted by molar-refractivity contribution is 7.23. The van der Waals surface area contributed by atoms with E-state index in [0.717, 1.165) is 15.8 Å². The Morgan fingerprint density at radius 1 is 1.30 bits per heavy atom. The topological polar surface area (TPSA) is 114 Å². The predicted octanol–water partition coefficient (Wildman–Crippen LogP) is 2.44. The minimum Gasteiger partial charge on any atom is -0.394 e. The van der Waals surface area contributed by atoms with Crippen molar-refractivity contribution in [3.63, 3.8) is 0 Å². The number of carbonyl (C=O) groups is 2. The summed E-state index contributed by atoms with van der Waals surface area (Å²) in [5.74, 6) is -1.28. The number of aliphatic hydroxyl groups excluding tert-OH is 2. The van der Waals surface area contributed by atoms with Gasteiger partial charge in [-0.05, 0) is 23.6 Å². The summed E-state index contributed by atoms with van der Waals surface area (Å²) < 4.78 is 1.23. The Kier molecular flexibility index (Phi) is 6.04.